The van der Waals surface area contributed by atoms with Crippen LogP contribution < -0.4 is 11.1 Å². The van der Waals surface area contributed by atoms with Gasteiger partial charge in [-0.15, -0.1) is 0 Å². The Kier molecular flexibility index (Phi) is 4.35. The molecule has 0 unspecified atom stereocenters. The number of sulfone groups is 1. The number of benzene rings is 1. The third-order valence-electron chi connectivity index (χ3n) is 2.21. The average molecular weight is 253 g/mol. The van der Waals surface area contributed by atoms with E-state index >= 15 is 0 Å². The van der Waals surface area contributed by atoms with Crippen molar-refractivity contribution in [2.45, 2.75) is 6.42 Å². The molecule has 0 radical (unpaired) electrons. The number of hydrogen-bond acceptors (Lipinski definition) is 5. The Balaban J connectivity index is 2.67. The molecule has 92 valence electrons. The minimum atomic E-state index is -2.96. The molecule has 0 atom stereocenters. The minimum absolute atomic E-state index is 0.0744. The quantitative estimate of drug-likeness (QED) is 0.756. The fraction of sp³-hybridized carbons (Fsp3) is 0.364. The first-order valence-corrected chi connectivity index (χ1v) is 7.15. The molecule has 1 aromatic rings. The summed E-state index contributed by atoms with van der Waals surface area (Å²) in [5.41, 5.74) is 7.79. The lowest BCUT2D eigenvalue weighted by atomic mass is 10.1. The Labute approximate surface area is 101 Å². The summed E-state index contributed by atoms with van der Waals surface area (Å²) in [5.74, 6) is 0.0744. The van der Waals surface area contributed by atoms with Gasteiger partial charge >= 0.3 is 0 Å². The zero-order valence-electron chi connectivity index (χ0n) is 9.60. The van der Waals surface area contributed by atoms with Gasteiger partial charge in [-0.3, -0.25) is 0 Å². The molecule has 0 aromatic heterocycles. The maximum Gasteiger partial charge on any atom is 0.149 e. The van der Waals surface area contributed by atoms with Crippen molar-refractivity contribution in [3.05, 3.63) is 23.8 Å². The van der Waals surface area contributed by atoms with E-state index in [-0.39, 0.29) is 12.2 Å². The lowest BCUT2D eigenvalue weighted by Gasteiger charge is -2.08. The molecule has 0 aliphatic rings. The van der Waals surface area contributed by atoms with Gasteiger partial charge in [0.2, 0.25) is 0 Å². The van der Waals surface area contributed by atoms with Gasteiger partial charge in [-0.2, -0.15) is 5.26 Å². The van der Waals surface area contributed by atoms with Crippen molar-refractivity contribution in [2.75, 3.05) is 29.6 Å². The highest BCUT2D eigenvalue weighted by atomic mass is 32.2. The van der Waals surface area contributed by atoms with Crippen molar-refractivity contribution < 1.29 is 8.42 Å². The van der Waals surface area contributed by atoms with Crippen LogP contribution in [-0.4, -0.2) is 27.0 Å². The second kappa shape index (κ2) is 5.55. The lowest BCUT2D eigenvalue weighted by Crippen LogP contribution is -2.14. The van der Waals surface area contributed by atoms with E-state index in [1.54, 1.807) is 18.2 Å². The maximum atomic E-state index is 10.9. The van der Waals surface area contributed by atoms with Crippen molar-refractivity contribution in [2.24, 2.45) is 0 Å². The van der Waals surface area contributed by atoms with E-state index in [1.807, 2.05) is 6.07 Å². The second-order valence-corrected chi connectivity index (χ2v) is 6.06. The van der Waals surface area contributed by atoms with Crippen LogP contribution in [0.15, 0.2) is 18.2 Å². The first-order chi connectivity index (χ1) is 7.92. The Morgan fingerprint density at radius 2 is 2.18 bits per heavy atom. The minimum Gasteiger partial charge on any atom is -0.398 e. The van der Waals surface area contributed by atoms with E-state index in [9.17, 15) is 8.42 Å². The Bertz CT molecular complexity index is 532. The van der Waals surface area contributed by atoms with Gasteiger partial charge in [0, 0.05) is 24.2 Å². The van der Waals surface area contributed by atoms with E-state index in [1.165, 1.54) is 6.26 Å². The van der Waals surface area contributed by atoms with Gasteiger partial charge in [-0.1, -0.05) is 0 Å². The highest BCUT2D eigenvalue weighted by molar-refractivity contribution is 7.90. The van der Waals surface area contributed by atoms with Gasteiger partial charge in [-0.25, -0.2) is 8.42 Å². The van der Waals surface area contributed by atoms with Crippen LogP contribution in [0.1, 0.15) is 5.56 Å². The number of hydrogen-bond donors (Lipinski definition) is 2. The topological polar surface area (TPSA) is 96.0 Å². The van der Waals surface area contributed by atoms with E-state index in [2.05, 4.69) is 5.32 Å². The van der Waals surface area contributed by atoms with Crippen LogP contribution in [0.25, 0.3) is 0 Å². The fourth-order valence-corrected chi connectivity index (χ4v) is 1.81. The number of nitrogens with two attached hydrogens (primary N) is 1. The molecule has 0 fully saturated rings. The van der Waals surface area contributed by atoms with Gasteiger partial charge in [0.15, 0.2) is 0 Å². The number of anilines is 2. The molecule has 0 spiro atoms. The molecule has 0 saturated heterocycles. The predicted molar refractivity (Wildman–Crippen MR) is 68.4 cm³/mol. The highest BCUT2D eigenvalue weighted by Crippen LogP contribution is 2.18. The van der Waals surface area contributed by atoms with Crippen LogP contribution in [0, 0.1) is 11.3 Å². The first kappa shape index (κ1) is 13.3. The molecule has 0 bridgehead atoms. The molecule has 5 nitrogen and oxygen atoms in total. The Morgan fingerprint density at radius 1 is 1.47 bits per heavy atom. The summed E-state index contributed by atoms with van der Waals surface area (Å²) in [5, 5.41) is 11.6. The molecular weight excluding hydrogens is 238 g/mol. The van der Waals surface area contributed by atoms with Crippen LogP contribution in [-0.2, 0) is 16.3 Å². The van der Waals surface area contributed by atoms with E-state index in [4.69, 9.17) is 11.0 Å². The molecule has 0 amide bonds. The zero-order valence-corrected chi connectivity index (χ0v) is 10.4. The van der Waals surface area contributed by atoms with Crippen molar-refractivity contribution >= 4 is 21.2 Å². The summed E-state index contributed by atoms with van der Waals surface area (Å²) in [6, 6.07) is 7.26. The van der Waals surface area contributed by atoms with Gasteiger partial charge in [0.05, 0.1) is 18.2 Å². The standard InChI is InChI=1S/C11H15N3O2S/c1-17(15,16)7-6-14-10-2-3-11(13)9(8-10)4-5-12/h2-3,8,14H,4,6-7,13H2,1H3. The van der Waals surface area contributed by atoms with Gasteiger partial charge in [0.25, 0.3) is 0 Å². The number of nitrogens with zero attached hydrogens (tertiary/aromatic N) is 1. The van der Waals surface area contributed by atoms with Gasteiger partial charge in [-0.05, 0) is 23.8 Å². The lowest BCUT2D eigenvalue weighted by molar-refractivity contribution is 0.602. The van der Waals surface area contributed by atoms with Crippen LogP contribution in [0.4, 0.5) is 11.4 Å². The van der Waals surface area contributed by atoms with E-state index < -0.39 is 9.84 Å². The van der Waals surface area contributed by atoms with Crippen molar-refractivity contribution in [1.29, 1.82) is 5.26 Å². The third kappa shape index (κ3) is 4.74. The summed E-state index contributed by atoms with van der Waals surface area (Å²) in [6.45, 7) is 0.342. The largest absolute Gasteiger partial charge is 0.398 e. The smallest absolute Gasteiger partial charge is 0.149 e. The molecule has 1 aromatic carbocycles. The average Bonchev–Trinajstić information content (AvgIpc) is 2.21. The molecule has 0 saturated carbocycles. The molecule has 17 heavy (non-hydrogen) atoms. The summed E-state index contributed by atoms with van der Waals surface area (Å²) < 4.78 is 21.9. The van der Waals surface area contributed by atoms with E-state index in [0.717, 1.165) is 11.3 Å². The van der Waals surface area contributed by atoms with Crippen LogP contribution in [0.2, 0.25) is 0 Å². The number of nitrogen functional groups attached to an aromatic ring is 1. The highest BCUT2D eigenvalue weighted by Gasteiger charge is 2.03. The Morgan fingerprint density at radius 3 is 2.76 bits per heavy atom. The van der Waals surface area contributed by atoms with Crippen molar-refractivity contribution in [3.8, 4) is 6.07 Å². The van der Waals surface area contributed by atoms with Crippen molar-refractivity contribution in [1.82, 2.24) is 0 Å². The molecule has 1 rings (SSSR count). The summed E-state index contributed by atoms with van der Waals surface area (Å²) in [7, 11) is -2.96. The van der Waals surface area contributed by atoms with Crippen LogP contribution >= 0.6 is 0 Å². The summed E-state index contributed by atoms with van der Waals surface area (Å²) in [4.78, 5) is 0. The monoisotopic (exact) mass is 253 g/mol. The molecule has 0 aliphatic heterocycles. The second-order valence-electron chi connectivity index (χ2n) is 3.81. The SMILES string of the molecule is CS(=O)(=O)CCNc1ccc(N)c(CC#N)c1. The maximum absolute atomic E-state index is 10.9. The van der Waals surface area contributed by atoms with Gasteiger partial charge in [0.1, 0.15) is 9.84 Å². The zero-order chi connectivity index (χ0) is 12.9. The molecule has 6 heteroatoms. The van der Waals surface area contributed by atoms with Gasteiger partial charge < -0.3 is 11.1 Å². The van der Waals surface area contributed by atoms with Crippen LogP contribution in [0.3, 0.4) is 0 Å². The summed E-state index contributed by atoms with van der Waals surface area (Å²) >= 11 is 0. The summed E-state index contributed by atoms with van der Waals surface area (Å²) in [6.07, 6.45) is 1.44. The predicted octanol–water partition coefficient (Wildman–Crippen LogP) is 0.791. The third-order valence-corrected chi connectivity index (χ3v) is 3.16. The first-order valence-electron chi connectivity index (χ1n) is 5.09. The molecule has 3 N–H and O–H groups in total. The normalized spacial score (nSPS) is 10.8. The van der Waals surface area contributed by atoms with E-state index in [0.29, 0.717) is 12.2 Å². The number of nitrogens with one attached hydrogen (secondary N) is 1. The van der Waals surface area contributed by atoms with Crippen molar-refractivity contribution in [3.63, 3.8) is 0 Å². The Hall–Kier alpha value is -1.74. The fourth-order valence-electron chi connectivity index (χ4n) is 1.33. The number of nitriles is 1. The molecule has 0 aliphatic carbocycles. The molecule has 0 heterocycles. The number of rotatable bonds is 5. The molecular formula is C11H15N3O2S. The van der Waals surface area contributed by atoms with Crippen LogP contribution in [0.5, 0.6) is 0 Å².